The molecule has 0 aromatic heterocycles. The van der Waals surface area contributed by atoms with E-state index in [-0.39, 0.29) is 0 Å². The van der Waals surface area contributed by atoms with Crippen molar-refractivity contribution in [1.29, 1.82) is 0 Å². The Balaban J connectivity index is 3.30. The van der Waals surface area contributed by atoms with E-state index in [4.69, 9.17) is 11.0 Å². The van der Waals surface area contributed by atoms with Crippen LogP contribution in [-0.2, 0) is 4.57 Å². The van der Waals surface area contributed by atoms with Gasteiger partial charge in [-0.3, -0.25) is 15.6 Å². The first-order valence-corrected chi connectivity index (χ1v) is 14.7. The first-order valence-electron chi connectivity index (χ1n) is 12.9. The first kappa shape index (κ1) is 29.1. The summed E-state index contributed by atoms with van der Waals surface area (Å²) in [6.07, 6.45) is 26.9. The highest BCUT2D eigenvalue weighted by Gasteiger charge is 2.19. The summed E-state index contributed by atoms with van der Waals surface area (Å²) in [6, 6.07) is 0. The minimum Gasteiger partial charge on any atom is -0.271 e. The molecular weight excluding hydrogens is 377 g/mol. The largest absolute Gasteiger partial charge is 0.276 e. The molecule has 4 N–H and O–H groups in total. The molecule has 0 saturated carbocycles. The van der Waals surface area contributed by atoms with E-state index in [1.165, 1.54) is 109 Å². The van der Waals surface area contributed by atoms with Gasteiger partial charge in [0.25, 0.3) is 7.59 Å². The lowest BCUT2D eigenvalue weighted by atomic mass is 10.0. The third kappa shape index (κ3) is 21.1. The predicted octanol–water partition coefficient (Wildman–Crippen LogP) is 8.16. The second kappa shape index (κ2) is 21.3. The minimum absolute atomic E-state index is 0.764. The molecule has 0 aromatic carbocycles. The molecule has 0 aromatic rings. The summed E-state index contributed by atoms with van der Waals surface area (Å²) in [5, 5.41) is 0. The van der Waals surface area contributed by atoms with Gasteiger partial charge in [0.1, 0.15) is 0 Å². The standard InChI is InChI=1S/C24H54N3OP/c1-3-5-7-8-9-10-11-12-13-14-15-16-17-18-19-20-21-22-24-27(23-6-4-2)29(25,26)28/h3-24H2,1-2H3,(H4,25,26,28). The lowest BCUT2D eigenvalue weighted by molar-refractivity contribution is 0.387. The summed E-state index contributed by atoms with van der Waals surface area (Å²) in [5.41, 5.74) is 11.3. The van der Waals surface area contributed by atoms with Crippen LogP contribution < -0.4 is 11.0 Å². The average Bonchev–Trinajstić information content (AvgIpc) is 2.68. The van der Waals surface area contributed by atoms with Crippen LogP contribution >= 0.6 is 7.59 Å². The van der Waals surface area contributed by atoms with Crippen molar-refractivity contribution in [2.75, 3.05) is 13.1 Å². The summed E-state index contributed by atoms with van der Waals surface area (Å²) < 4.78 is 13.7. The van der Waals surface area contributed by atoms with Crippen LogP contribution in [0.3, 0.4) is 0 Å². The summed E-state index contributed by atoms with van der Waals surface area (Å²) >= 11 is 0. The molecule has 5 heteroatoms. The number of nitrogens with zero attached hydrogens (tertiary/aromatic N) is 1. The molecule has 4 nitrogen and oxygen atoms in total. The molecule has 0 spiro atoms. The highest BCUT2D eigenvalue weighted by molar-refractivity contribution is 7.56. The van der Waals surface area contributed by atoms with Crippen LogP contribution in [0.15, 0.2) is 0 Å². The maximum absolute atomic E-state index is 11.9. The van der Waals surface area contributed by atoms with Gasteiger partial charge in [0.2, 0.25) is 0 Å². The van der Waals surface area contributed by atoms with Gasteiger partial charge in [-0.2, -0.15) is 0 Å². The Hall–Kier alpha value is 0.110. The van der Waals surface area contributed by atoms with E-state index < -0.39 is 7.59 Å². The normalized spacial score (nSPS) is 12.2. The van der Waals surface area contributed by atoms with Crippen molar-refractivity contribution in [2.24, 2.45) is 11.0 Å². The summed E-state index contributed by atoms with van der Waals surface area (Å²) in [4.78, 5) is 0. The molecule has 29 heavy (non-hydrogen) atoms. The van der Waals surface area contributed by atoms with E-state index in [0.29, 0.717) is 0 Å². The third-order valence-corrected chi connectivity index (χ3v) is 7.27. The van der Waals surface area contributed by atoms with Crippen molar-refractivity contribution in [1.82, 2.24) is 4.67 Å². The van der Waals surface area contributed by atoms with Crippen LogP contribution in [0.25, 0.3) is 0 Å². The molecule has 0 aliphatic rings. The Morgan fingerprint density at radius 3 is 1.07 bits per heavy atom. The second-order valence-corrected chi connectivity index (χ2v) is 10.9. The molecular formula is C24H54N3OP. The zero-order valence-corrected chi connectivity index (χ0v) is 20.9. The van der Waals surface area contributed by atoms with Gasteiger partial charge in [-0.15, -0.1) is 0 Å². The topological polar surface area (TPSA) is 72.3 Å². The molecule has 0 amide bonds. The van der Waals surface area contributed by atoms with Gasteiger partial charge >= 0.3 is 0 Å². The zero-order valence-electron chi connectivity index (χ0n) is 20.0. The molecule has 176 valence electrons. The predicted molar refractivity (Wildman–Crippen MR) is 131 cm³/mol. The van der Waals surface area contributed by atoms with Gasteiger partial charge in [0.15, 0.2) is 0 Å². The fourth-order valence-electron chi connectivity index (χ4n) is 3.96. The van der Waals surface area contributed by atoms with E-state index in [2.05, 4.69) is 13.8 Å². The van der Waals surface area contributed by atoms with Crippen molar-refractivity contribution in [3.05, 3.63) is 0 Å². The Kier molecular flexibility index (Phi) is 21.4. The van der Waals surface area contributed by atoms with Gasteiger partial charge in [-0.25, -0.2) is 4.67 Å². The number of nitrogens with two attached hydrogens (primary N) is 2. The Labute approximate surface area is 183 Å². The van der Waals surface area contributed by atoms with Crippen LogP contribution in [0.1, 0.15) is 142 Å². The zero-order chi connectivity index (χ0) is 21.6. The van der Waals surface area contributed by atoms with Crippen LogP contribution in [0.4, 0.5) is 0 Å². The Morgan fingerprint density at radius 2 is 0.759 bits per heavy atom. The number of rotatable bonds is 23. The van der Waals surface area contributed by atoms with Crippen molar-refractivity contribution in [2.45, 2.75) is 142 Å². The molecule has 0 unspecified atom stereocenters. The molecule has 0 aliphatic carbocycles. The molecule has 0 aliphatic heterocycles. The van der Waals surface area contributed by atoms with Crippen molar-refractivity contribution >= 4 is 7.59 Å². The highest BCUT2D eigenvalue weighted by Crippen LogP contribution is 2.32. The molecule has 0 atom stereocenters. The number of unbranched alkanes of at least 4 members (excludes halogenated alkanes) is 18. The van der Waals surface area contributed by atoms with Crippen molar-refractivity contribution < 1.29 is 4.57 Å². The summed E-state index contributed by atoms with van der Waals surface area (Å²) in [5.74, 6) is 0. The van der Waals surface area contributed by atoms with Gasteiger partial charge in [-0.05, 0) is 12.8 Å². The molecule has 0 saturated heterocycles. The smallest absolute Gasteiger partial charge is 0.271 e. The molecule has 0 rings (SSSR count). The fraction of sp³-hybridized carbons (Fsp3) is 1.00. The van der Waals surface area contributed by atoms with E-state index in [9.17, 15) is 4.57 Å². The first-order chi connectivity index (χ1) is 14.0. The van der Waals surface area contributed by atoms with E-state index in [1.54, 1.807) is 0 Å². The minimum atomic E-state index is -3.06. The molecule has 0 heterocycles. The van der Waals surface area contributed by atoms with E-state index in [0.717, 1.165) is 32.4 Å². The number of hydrogen-bond acceptors (Lipinski definition) is 1. The maximum Gasteiger partial charge on any atom is 0.276 e. The Bertz CT molecular complexity index is 373. The van der Waals surface area contributed by atoms with Gasteiger partial charge in [-0.1, -0.05) is 129 Å². The SMILES string of the molecule is CCCCCCCCCCCCCCCCCCCCN(CCCC)P(N)(N)=O. The van der Waals surface area contributed by atoms with Crippen molar-refractivity contribution in [3.8, 4) is 0 Å². The summed E-state index contributed by atoms with van der Waals surface area (Å²) in [6.45, 7) is 5.96. The van der Waals surface area contributed by atoms with Gasteiger partial charge in [0, 0.05) is 13.1 Å². The lowest BCUT2D eigenvalue weighted by Gasteiger charge is -2.25. The molecule has 0 bridgehead atoms. The van der Waals surface area contributed by atoms with Gasteiger partial charge < -0.3 is 0 Å². The van der Waals surface area contributed by atoms with E-state index >= 15 is 0 Å². The fourth-order valence-corrected chi connectivity index (χ4v) is 4.87. The Morgan fingerprint density at radius 1 is 0.483 bits per heavy atom. The maximum atomic E-state index is 11.9. The summed E-state index contributed by atoms with van der Waals surface area (Å²) in [7, 11) is -3.06. The highest BCUT2D eigenvalue weighted by atomic mass is 31.2. The lowest BCUT2D eigenvalue weighted by Crippen LogP contribution is -2.30. The van der Waals surface area contributed by atoms with Crippen LogP contribution in [0.2, 0.25) is 0 Å². The average molecular weight is 432 g/mol. The van der Waals surface area contributed by atoms with Gasteiger partial charge in [0.05, 0.1) is 0 Å². The van der Waals surface area contributed by atoms with Crippen LogP contribution in [-0.4, -0.2) is 17.8 Å². The molecule has 0 radical (unpaired) electrons. The van der Waals surface area contributed by atoms with Crippen molar-refractivity contribution in [3.63, 3.8) is 0 Å². The molecule has 0 fully saturated rings. The van der Waals surface area contributed by atoms with E-state index in [1.807, 2.05) is 4.67 Å². The van der Waals surface area contributed by atoms with Crippen LogP contribution in [0.5, 0.6) is 0 Å². The monoisotopic (exact) mass is 431 g/mol. The van der Waals surface area contributed by atoms with Crippen LogP contribution in [0, 0.1) is 0 Å². The number of hydrogen-bond donors (Lipinski definition) is 2. The quantitative estimate of drug-likeness (QED) is 0.126. The second-order valence-electron chi connectivity index (χ2n) is 8.99. The third-order valence-electron chi connectivity index (χ3n) is 5.98.